The molecule has 1 aromatic carbocycles. The summed E-state index contributed by atoms with van der Waals surface area (Å²) in [6, 6.07) is 10.2. The fourth-order valence-corrected chi connectivity index (χ4v) is 4.70. The molecule has 1 aliphatic rings. The van der Waals surface area contributed by atoms with E-state index in [0.29, 0.717) is 43.5 Å². The number of carbonyl (C=O) groups excluding carboxylic acids is 1. The summed E-state index contributed by atoms with van der Waals surface area (Å²) < 4.78 is 25.3. The number of rotatable bonds is 4. The Morgan fingerprint density at radius 3 is 2.38 bits per heavy atom. The standard InChI is InChI=1S/C23H23N7O3S/c1-28-21-19(15-26-28)18(16-4-6-17(7-5-16)34(2,32)33)14-20(27-21)22(31)29-10-12-30(13-11-29)23-24-8-3-9-25-23/h3-9,14-15H,10-13H2,1-2H3. The number of benzene rings is 1. The van der Waals surface area contributed by atoms with Crippen LogP contribution in [0.1, 0.15) is 10.5 Å². The van der Waals surface area contributed by atoms with Crippen LogP contribution in [0.5, 0.6) is 0 Å². The second kappa shape index (κ2) is 8.58. The van der Waals surface area contributed by atoms with E-state index in [9.17, 15) is 13.6 Å². The molecular weight excluding hydrogens is 454 g/mol. The van der Waals surface area contributed by atoms with Gasteiger partial charge in [-0.05, 0) is 47.5 Å². The first-order valence-electron chi connectivity index (χ1n) is 10.8. The number of amides is 1. The third-order valence-electron chi connectivity index (χ3n) is 5.92. The van der Waals surface area contributed by atoms with Gasteiger partial charge in [0.2, 0.25) is 5.95 Å². The quantitative estimate of drug-likeness (QED) is 0.409. The van der Waals surface area contributed by atoms with Gasteiger partial charge >= 0.3 is 0 Å². The molecule has 0 aliphatic carbocycles. The Morgan fingerprint density at radius 1 is 1.06 bits per heavy atom. The smallest absolute Gasteiger partial charge is 0.272 e. The second-order valence-corrected chi connectivity index (χ2v) is 10.2. The van der Waals surface area contributed by atoms with Gasteiger partial charge in [-0.25, -0.2) is 15.0 Å². The number of sulfone groups is 1. The third kappa shape index (κ3) is 4.15. The topological polar surface area (TPSA) is 120 Å². The third-order valence-corrected chi connectivity index (χ3v) is 7.05. The lowest BCUT2D eigenvalue weighted by Gasteiger charge is -2.34. The molecule has 10 nitrogen and oxygen atoms in total. The first-order valence-corrected chi connectivity index (χ1v) is 12.6. The van der Waals surface area contributed by atoms with Crippen molar-refractivity contribution in [2.45, 2.75) is 4.90 Å². The number of aromatic nitrogens is 5. The van der Waals surface area contributed by atoms with Crippen molar-refractivity contribution < 1.29 is 13.6 Å². The van der Waals surface area contributed by atoms with Crippen molar-refractivity contribution in [2.75, 3.05) is 37.3 Å². The van der Waals surface area contributed by atoms with E-state index < -0.39 is 10.2 Å². The Labute approximate surface area is 197 Å². The minimum absolute atomic E-state index is 0.161. The van der Waals surface area contributed by atoms with Gasteiger partial charge in [-0.2, -0.15) is 5.10 Å². The number of nitrogens with zero attached hydrogens (tertiary/aromatic N) is 7. The number of fused-ring (bicyclic) bond motifs is 1. The van der Waals surface area contributed by atoms with Gasteiger partial charge in [0.05, 0.1) is 16.4 Å². The normalized spacial score (nSPS) is 16.0. The molecule has 1 saturated heterocycles. The number of carbonyl (C=O) groups is 1. The van der Waals surface area contributed by atoms with E-state index in [0.717, 1.165) is 16.5 Å². The van der Waals surface area contributed by atoms with Gasteiger partial charge in [0.1, 0.15) is 11.9 Å². The average Bonchev–Trinajstić information content (AvgIpc) is 3.24. The van der Waals surface area contributed by atoms with E-state index >= 15 is 0 Å². The molecule has 3 aromatic heterocycles. The number of anilines is 1. The van der Waals surface area contributed by atoms with Crippen LogP contribution < -0.4 is 4.90 Å². The van der Waals surface area contributed by atoms with Crippen molar-refractivity contribution in [3.05, 3.63) is 60.7 Å². The zero-order valence-corrected chi connectivity index (χ0v) is 19.6. The summed E-state index contributed by atoms with van der Waals surface area (Å²) in [4.78, 5) is 30.6. The van der Waals surface area contributed by atoms with Gasteiger partial charge in [-0.3, -0.25) is 9.48 Å². The maximum Gasteiger partial charge on any atom is 0.272 e. The Kier molecular flexibility index (Phi) is 5.58. The van der Waals surface area contributed by atoms with Gasteiger partial charge in [0, 0.05) is 51.0 Å². The van der Waals surface area contributed by atoms with Crippen LogP contribution in [-0.4, -0.2) is 72.5 Å². The van der Waals surface area contributed by atoms with Crippen LogP contribution in [0.3, 0.4) is 0 Å². The molecule has 0 spiro atoms. The van der Waals surface area contributed by atoms with E-state index in [1.807, 2.05) is 0 Å². The van der Waals surface area contributed by atoms with Crippen LogP contribution in [0, 0.1) is 0 Å². The predicted octanol–water partition coefficient (Wildman–Crippen LogP) is 2.01. The first kappa shape index (κ1) is 22.1. The minimum atomic E-state index is -3.30. The van der Waals surface area contributed by atoms with E-state index in [-0.39, 0.29) is 10.8 Å². The van der Waals surface area contributed by atoms with Crippen molar-refractivity contribution in [3.8, 4) is 11.1 Å². The fraction of sp³-hybridized carbons (Fsp3) is 0.261. The summed E-state index contributed by atoms with van der Waals surface area (Å²) >= 11 is 0. The highest BCUT2D eigenvalue weighted by molar-refractivity contribution is 7.97. The highest BCUT2D eigenvalue weighted by Crippen LogP contribution is 2.30. The Hall–Kier alpha value is -3.70. The molecule has 4 heterocycles. The summed E-state index contributed by atoms with van der Waals surface area (Å²) in [6.07, 6.45) is 6.29. The van der Waals surface area contributed by atoms with Crippen molar-refractivity contribution in [1.29, 1.82) is 0 Å². The summed E-state index contributed by atoms with van der Waals surface area (Å²) in [5, 5.41) is 5.10. The molecule has 0 saturated carbocycles. The summed E-state index contributed by atoms with van der Waals surface area (Å²) in [6.45, 7) is 2.31. The van der Waals surface area contributed by atoms with Gasteiger partial charge in [0.25, 0.3) is 5.91 Å². The molecule has 1 unspecified atom stereocenters. The van der Waals surface area contributed by atoms with Crippen LogP contribution in [0.4, 0.5) is 5.95 Å². The molecule has 1 aliphatic heterocycles. The molecule has 1 fully saturated rings. The number of pyridine rings is 1. The van der Waals surface area contributed by atoms with Crippen molar-refractivity contribution in [1.82, 2.24) is 29.6 Å². The summed E-state index contributed by atoms with van der Waals surface area (Å²) in [5.41, 5.74) is 2.47. The number of hydrogen-bond donors (Lipinski definition) is 0. The average molecular weight is 478 g/mol. The molecule has 4 aromatic rings. The first-order chi connectivity index (χ1) is 16.3. The Morgan fingerprint density at radius 2 is 1.74 bits per heavy atom. The largest absolute Gasteiger partial charge is 0.610 e. The van der Waals surface area contributed by atoms with Crippen LogP contribution in [0.2, 0.25) is 0 Å². The molecule has 34 heavy (non-hydrogen) atoms. The van der Waals surface area contributed by atoms with Crippen LogP contribution in [0.15, 0.2) is 59.9 Å². The zero-order chi connectivity index (χ0) is 23.9. The van der Waals surface area contributed by atoms with Gasteiger partial charge in [-0.1, -0.05) is 0 Å². The molecule has 174 valence electrons. The molecule has 0 N–H and O–H groups in total. The lowest BCUT2D eigenvalue weighted by atomic mass is 10.0. The van der Waals surface area contributed by atoms with Gasteiger partial charge < -0.3 is 14.4 Å². The molecule has 11 heteroatoms. The van der Waals surface area contributed by atoms with Crippen molar-refractivity contribution in [2.24, 2.45) is 7.05 Å². The molecular formula is C23H23N7O3S. The summed E-state index contributed by atoms with van der Waals surface area (Å²) in [7, 11) is -1.53. The molecule has 5 rings (SSSR count). The minimum Gasteiger partial charge on any atom is -0.610 e. The predicted molar refractivity (Wildman–Crippen MR) is 127 cm³/mol. The van der Waals surface area contributed by atoms with E-state index in [1.54, 1.807) is 71.6 Å². The number of piperazine rings is 1. The lowest BCUT2D eigenvalue weighted by Crippen LogP contribution is -2.49. The van der Waals surface area contributed by atoms with Crippen LogP contribution in [0.25, 0.3) is 22.2 Å². The molecule has 0 radical (unpaired) electrons. The maximum atomic E-state index is 13.4. The van der Waals surface area contributed by atoms with E-state index in [2.05, 4.69) is 25.0 Å². The SMILES string of the molecule is Cn1ncc2c(-c3ccc([S+](C)(=O)[O-])cc3)cc(C(=O)N3CCN(c4ncccn4)CC3)nc21. The van der Waals surface area contributed by atoms with Crippen LogP contribution in [-0.2, 0) is 21.5 Å². The van der Waals surface area contributed by atoms with Gasteiger partial charge in [0.15, 0.2) is 10.5 Å². The van der Waals surface area contributed by atoms with E-state index in [1.165, 1.54) is 6.26 Å². The van der Waals surface area contributed by atoms with Gasteiger partial charge in [-0.15, -0.1) is 4.21 Å². The van der Waals surface area contributed by atoms with E-state index in [4.69, 9.17) is 0 Å². The molecule has 1 atom stereocenters. The molecule has 1 amide bonds. The summed E-state index contributed by atoms with van der Waals surface area (Å²) in [5.74, 6) is 0.495. The van der Waals surface area contributed by atoms with Crippen molar-refractivity contribution >= 4 is 33.1 Å². The number of hydrogen-bond acceptors (Lipinski definition) is 8. The monoisotopic (exact) mass is 477 g/mol. The lowest BCUT2D eigenvalue weighted by molar-refractivity contribution is 0.0740. The maximum absolute atomic E-state index is 13.4. The zero-order valence-electron chi connectivity index (χ0n) is 18.8. The number of aryl methyl sites for hydroxylation is 1. The highest BCUT2D eigenvalue weighted by atomic mass is 32.3. The van der Waals surface area contributed by atoms with Crippen LogP contribution >= 0.6 is 0 Å². The fourth-order valence-electron chi connectivity index (χ4n) is 4.07. The highest BCUT2D eigenvalue weighted by Gasteiger charge is 2.26. The Bertz CT molecular complexity index is 1390. The second-order valence-electron chi connectivity index (χ2n) is 8.19. The van der Waals surface area contributed by atoms with Crippen molar-refractivity contribution in [3.63, 3.8) is 0 Å². The molecule has 0 bridgehead atoms. The Balaban J connectivity index is 1.45.